The molecule has 0 amide bonds. The maximum absolute atomic E-state index is 13.5. The minimum absolute atomic E-state index is 0.154. The third-order valence-electron chi connectivity index (χ3n) is 2.93. The van der Waals surface area contributed by atoms with Crippen molar-refractivity contribution in [3.05, 3.63) is 29.2 Å². The van der Waals surface area contributed by atoms with E-state index in [4.69, 9.17) is 4.74 Å². The van der Waals surface area contributed by atoms with Crippen LogP contribution >= 0.6 is 0 Å². The van der Waals surface area contributed by atoms with Gasteiger partial charge < -0.3 is 9.30 Å². The van der Waals surface area contributed by atoms with Crippen LogP contribution in [0.25, 0.3) is 10.9 Å². The van der Waals surface area contributed by atoms with Crippen molar-refractivity contribution in [2.24, 2.45) is 7.05 Å². The average Bonchev–Trinajstić information content (AvgIpc) is 2.51. The lowest BCUT2D eigenvalue weighted by Crippen LogP contribution is -1.92. The van der Waals surface area contributed by atoms with E-state index in [0.717, 1.165) is 12.0 Å². The molecular formula is C12H12FNO2. The first-order chi connectivity index (χ1) is 7.60. The Morgan fingerprint density at radius 2 is 2.12 bits per heavy atom. The highest BCUT2D eigenvalue weighted by Gasteiger charge is 2.14. The number of ether oxygens (including phenoxy) is 1. The van der Waals surface area contributed by atoms with Crippen LogP contribution < -0.4 is 4.74 Å². The van der Waals surface area contributed by atoms with Gasteiger partial charge in [0.15, 0.2) is 17.9 Å². The van der Waals surface area contributed by atoms with Gasteiger partial charge in [0.2, 0.25) is 0 Å². The number of rotatable bonds is 2. The van der Waals surface area contributed by atoms with Gasteiger partial charge in [0, 0.05) is 29.8 Å². The summed E-state index contributed by atoms with van der Waals surface area (Å²) in [5.41, 5.74) is 2.09. The highest BCUT2D eigenvalue weighted by molar-refractivity contribution is 6.00. The summed E-state index contributed by atoms with van der Waals surface area (Å²) in [4.78, 5) is 11.0. The van der Waals surface area contributed by atoms with Crippen LogP contribution in [0.15, 0.2) is 12.1 Å². The first-order valence-corrected chi connectivity index (χ1v) is 4.87. The molecule has 0 N–H and O–H groups in total. The molecule has 0 bridgehead atoms. The molecule has 0 aliphatic heterocycles. The van der Waals surface area contributed by atoms with Crippen molar-refractivity contribution in [1.82, 2.24) is 4.57 Å². The summed E-state index contributed by atoms with van der Waals surface area (Å²) in [6, 6.07) is 2.94. The quantitative estimate of drug-likeness (QED) is 0.729. The van der Waals surface area contributed by atoms with Crippen molar-refractivity contribution < 1.29 is 13.9 Å². The maximum atomic E-state index is 13.5. The second kappa shape index (κ2) is 3.63. The van der Waals surface area contributed by atoms with Crippen LogP contribution in [0.3, 0.4) is 0 Å². The summed E-state index contributed by atoms with van der Waals surface area (Å²) in [6.07, 6.45) is 0.787. The van der Waals surface area contributed by atoms with Gasteiger partial charge in [0.1, 0.15) is 0 Å². The number of methoxy groups -OCH3 is 1. The highest BCUT2D eigenvalue weighted by atomic mass is 19.1. The standard InChI is InChI=1S/C12H12FNO2/c1-7-9(6-15)8-4-12(16-3)10(13)5-11(8)14(7)2/h4-6H,1-3H3. The minimum atomic E-state index is -0.423. The van der Waals surface area contributed by atoms with Gasteiger partial charge in [0.05, 0.1) is 12.6 Å². The predicted molar refractivity (Wildman–Crippen MR) is 59.6 cm³/mol. The fourth-order valence-electron chi connectivity index (χ4n) is 1.90. The van der Waals surface area contributed by atoms with E-state index in [-0.39, 0.29) is 5.75 Å². The third kappa shape index (κ3) is 1.30. The Hall–Kier alpha value is -1.84. The highest BCUT2D eigenvalue weighted by Crippen LogP contribution is 2.29. The molecule has 0 radical (unpaired) electrons. The summed E-state index contributed by atoms with van der Waals surface area (Å²) in [6.45, 7) is 1.83. The zero-order valence-corrected chi connectivity index (χ0v) is 9.37. The topological polar surface area (TPSA) is 31.2 Å². The van der Waals surface area contributed by atoms with Gasteiger partial charge in [0.25, 0.3) is 0 Å². The van der Waals surface area contributed by atoms with Crippen molar-refractivity contribution in [2.75, 3.05) is 7.11 Å². The molecule has 0 spiro atoms. The Morgan fingerprint density at radius 1 is 1.44 bits per heavy atom. The molecule has 4 heteroatoms. The number of nitrogens with zero attached hydrogens (tertiary/aromatic N) is 1. The van der Waals surface area contributed by atoms with E-state index < -0.39 is 5.82 Å². The monoisotopic (exact) mass is 221 g/mol. The molecule has 0 aliphatic rings. The Morgan fingerprint density at radius 3 is 2.69 bits per heavy atom. The number of carbonyl (C=O) groups excluding carboxylic acids is 1. The first kappa shape index (κ1) is 10.7. The fraction of sp³-hybridized carbons (Fsp3) is 0.250. The fourth-order valence-corrected chi connectivity index (χ4v) is 1.90. The maximum Gasteiger partial charge on any atom is 0.167 e. The molecule has 1 aromatic heterocycles. The van der Waals surface area contributed by atoms with Crippen molar-refractivity contribution in [3.63, 3.8) is 0 Å². The molecule has 16 heavy (non-hydrogen) atoms. The van der Waals surface area contributed by atoms with E-state index >= 15 is 0 Å². The number of aromatic nitrogens is 1. The number of carbonyl (C=O) groups is 1. The summed E-state index contributed by atoms with van der Waals surface area (Å²) < 4.78 is 20.2. The number of aryl methyl sites for hydroxylation is 1. The third-order valence-corrected chi connectivity index (χ3v) is 2.93. The molecule has 1 heterocycles. The Bertz CT molecular complexity index is 572. The van der Waals surface area contributed by atoms with Gasteiger partial charge >= 0.3 is 0 Å². The van der Waals surface area contributed by atoms with Crippen LogP contribution in [-0.4, -0.2) is 18.0 Å². The number of fused-ring (bicyclic) bond motifs is 1. The molecule has 0 aliphatic carbocycles. The molecular weight excluding hydrogens is 209 g/mol. The van der Waals surface area contributed by atoms with Gasteiger partial charge in [-0.15, -0.1) is 0 Å². The Labute approximate surface area is 92.4 Å². The average molecular weight is 221 g/mol. The van der Waals surface area contributed by atoms with E-state index in [1.165, 1.54) is 13.2 Å². The molecule has 1 aromatic carbocycles. The van der Waals surface area contributed by atoms with Gasteiger partial charge in [-0.1, -0.05) is 0 Å². The van der Waals surface area contributed by atoms with Crippen LogP contribution in [0.5, 0.6) is 5.75 Å². The zero-order chi connectivity index (χ0) is 11.9. The zero-order valence-electron chi connectivity index (χ0n) is 9.37. The second-order valence-corrected chi connectivity index (χ2v) is 3.68. The van der Waals surface area contributed by atoms with Crippen LogP contribution in [0.4, 0.5) is 4.39 Å². The molecule has 0 atom stereocenters. The summed E-state index contributed by atoms with van der Waals surface area (Å²) >= 11 is 0. The number of hydrogen-bond acceptors (Lipinski definition) is 2. The number of aldehydes is 1. The Balaban J connectivity index is 2.91. The first-order valence-electron chi connectivity index (χ1n) is 4.87. The lowest BCUT2D eigenvalue weighted by atomic mass is 10.1. The van der Waals surface area contributed by atoms with E-state index in [1.807, 2.05) is 6.92 Å². The lowest BCUT2D eigenvalue weighted by molar-refractivity contribution is 0.112. The van der Waals surface area contributed by atoms with E-state index in [1.54, 1.807) is 17.7 Å². The summed E-state index contributed by atoms with van der Waals surface area (Å²) in [5.74, 6) is -0.269. The summed E-state index contributed by atoms with van der Waals surface area (Å²) in [5, 5.41) is 0.716. The van der Waals surface area contributed by atoms with Gasteiger partial charge in [-0.2, -0.15) is 0 Å². The molecule has 0 saturated carbocycles. The van der Waals surface area contributed by atoms with Crippen LogP contribution in [0.2, 0.25) is 0 Å². The molecule has 2 rings (SSSR count). The van der Waals surface area contributed by atoms with Crippen molar-refractivity contribution >= 4 is 17.2 Å². The van der Waals surface area contributed by atoms with E-state index in [9.17, 15) is 9.18 Å². The number of hydrogen-bond donors (Lipinski definition) is 0. The normalized spacial score (nSPS) is 10.8. The summed E-state index contributed by atoms with van der Waals surface area (Å²) in [7, 11) is 3.21. The lowest BCUT2D eigenvalue weighted by Gasteiger charge is -2.03. The predicted octanol–water partition coefficient (Wildman–Crippen LogP) is 2.45. The molecule has 0 unspecified atom stereocenters. The minimum Gasteiger partial charge on any atom is -0.494 e. The number of halogens is 1. The SMILES string of the molecule is COc1cc2c(C=O)c(C)n(C)c2cc1F. The molecule has 0 saturated heterocycles. The van der Waals surface area contributed by atoms with E-state index in [0.29, 0.717) is 16.5 Å². The van der Waals surface area contributed by atoms with Crippen molar-refractivity contribution in [3.8, 4) is 5.75 Å². The smallest absolute Gasteiger partial charge is 0.167 e. The van der Waals surface area contributed by atoms with Crippen LogP contribution in [0.1, 0.15) is 16.1 Å². The van der Waals surface area contributed by atoms with Gasteiger partial charge in [-0.3, -0.25) is 4.79 Å². The van der Waals surface area contributed by atoms with Crippen LogP contribution in [0, 0.1) is 12.7 Å². The van der Waals surface area contributed by atoms with E-state index in [2.05, 4.69) is 0 Å². The van der Waals surface area contributed by atoms with Crippen molar-refractivity contribution in [2.45, 2.75) is 6.92 Å². The molecule has 3 nitrogen and oxygen atoms in total. The van der Waals surface area contributed by atoms with Gasteiger partial charge in [-0.25, -0.2) is 4.39 Å². The Kier molecular flexibility index (Phi) is 2.42. The van der Waals surface area contributed by atoms with Gasteiger partial charge in [-0.05, 0) is 13.0 Å². The molecule has 0 fully saturated rings. The number of benzene rings is 1. The second-order valence-electron chi connectivity index (χ2n) is 3.68. The molecule has 2 aromatic rings. The van der Waals surface area contributed by atoms with Crippen molar-refractivity contribution in [1.29, 1.82) is 0 Å². The molecule has 84 valence electrons. The largest absolute Gasteiger partial charge is 0.494 e. The van der Waals surface area contributed by atoms with Crippen LogP contribution in [-0.2, 0) is 7.05 Å².